The third kappa shape index (κ3) is 5.29. The number of benzene rings is 6. The van der Waals surface area contributed by atoms with E-state index < -0.39 is 11.7 Å². The molecule has 0 fully saturated rings. The van der Waals surface area contributed by atoms with E-state index in [4.69, 9.17) is 15.0 Å². The van der Waals surface area contributed by atoms with Gasteiger partial charge in [0.2, 0.25) is 0 Å². The van der Waals surface area contributed by atoms with Crippen molar-refractivity contribution in [3.8, 4) is 51.0 Å². The normalized spacial score (nSPS) is 11.8. The molecule has 0 saturated heterocycles. The molecule has 4 nitrogen and oxygen atoms in total. The second kappa shape index (κ2) is 11.6. The van der Waals surface area contributed by atoms with Crippen LogP contribution in [0, 0.1) is 6.92 Å². The molecule has 0 aliphatic heterocycles. The van der Waals surface area contributed by atoms with Crippen molar-refractivity contribution in [1.82, 2.24) is 19.5 Å². The van der Waals surface area contributed by atoms with Gasteiger partial charge in [0.15, 0.2) is 17.5 Å². The summed E-state index contributed by atoms with van der Waals surface area (Å²) in [6, 6.07) is 45.3. The first kappa shape index (κ1) is 29.3. The lowest BCUT2D eigenvalue weighted by molar-refractivity contribution is -0.137. The Hall–Kier alpha value is -6.08. The summed E-state index contributed by atoms with van der Waals surface area (Å²) < 4.78 is 42.5. The maximum atomic E-state index is 13.4. The molecule has 0 aliphatic rings. The molecule has 0 spiro atoms. The molecule has 8 rings (SSSR count). The minimum Gasteiger partial charge on any atom is -0.308 e. The van der Waals surface area contributed by atoms with E-state index >= 15 is 0 Å². The van der Waals surface area contributed by atoms with Crippen molar-refractivity contribution in [2.75, 3.05) is 0 Å². The zero-order valence-electron chi connectivity index (χ0n) is 25.8. The summed E-state index contributed by atoms with van der Waals surface area (Å²) in [7, 11) is 0. The predicted molar refractivity (Wildman–Crippen MR) is 186 cm³/mol. The second-order valence-electron chi connectivity index (χ2n) is 11.7. The molecule has 0 bridgehead atoms. The summed E-state index contributed by atoms with van der Waals surface area (Å²) in [5, 5.41) is 2.19. The van der Waals surface area contributed by atoms with Crippen LogP contribution in [0.25, 0.3) is 72.8 Å². The molecule has 0 amide bonds. The number of fused-ring (bicyclic) bond motifs is 3. The fourth-order valence-electron chi connectivity index (χ4n) is 6.21. The molecule has 0 aliphatic carbocycles. The topological polar surface area (TPSA) is 43.6 Å². The molecule has 232 valence electrons. The number of nitrogens with zero attached hydrogens (tertiary/aromatic N) is 4. The molecule has 7 heteroatoms. The third-order valence-electron chi connectivity index (χ3n) is 8.55. The van der Waals surface area contributed by atoms with E-state index in [0.717, 1.165) is 67.4 Å². The van der Waals surface area contributed by atoms with E-state index in [-0.39, 0.29) is 0 Å². The Kier molecular flexibility index (Phi) is 7.10. The van der Waals surface area contributed by atoms with Crippen LogP contribution >= 0.6 is 0 Å². The van der Waals surface area contributed by atoms with E-state index in [2.05, 4.69) is 41.8 Å². The molecule has 0 atom stereocenters. The molecule has 48 heavy (non-hydrogen) atoms. The second-order valence-corrected chi connectivity index (χ2v) is 11.7. The van der Waals surface area contributed by atoms with Gasteiger partial charge in [-0.25, -0.2) is 15.0 Å². The van der Waals surface area contributed by atoms with Crippen LogP contribution in [-0.2, 0) is 6.18 Å². The van der Waals surface area contributed by atoms with Crippen LogP contribution < -0.4 is 0 Å². The van der Waals surface area contributed by atoms with E-state index in [0.29, 0.717) is 23.0 Å². The molecule has 8 aromatic rings. The lowest BCUT2D eigenvalue weighted by Gasteiger charge is -2.17. The molecule has 2 aromatic heterocycles. The number of halogens is 3. The number of aryl methyl sites for hydroxylation is 1. The Morgan fingerprint density at radius 2 is 1.04 bits per heavy atom. The summed E-state index contributed by atoms with van der Waals surface area (Å²) in [5.74, 6) is 1.56. The Morgan fingerprint density at radius 1 is 0.479 bits per heavy atom. The van der Waals surface area contributed by atoms with E-state index in [1.165, 1.54) is 12.1 Å². The highest BCUT2D eigenvalue weighted by atomic mass is 19.4. The summed E-state index contributed by atoms with van der Waals surface area (Å²) in [4.78, 5) is 14.9. The van der Waals surface area contributed by atoms with Crippen molar-refractivity contribution < 1.29 is 13.2 Å². The smallest absolute Gasteiger partial charge is 0.308 e. The van der Waals surface area contributed by atoms with Gasteiger partial charge in [-0.1, -0.05) is 109 Å². The lowest BCUT2D eigenvalue weighted by atomic mass is 10.00. The van der Waals surface area contributed by atoms with Crippen molar-refractivity contribution in [3.63, 3.8) is 0 Å². The molecule has 0 unspecified atom stereocenters. The number of hydrogen-bond donors (Lipinski definition) is 0. The van der Waals surface area contributed by atoms with Crippen LogP contribution in [-0.4, -0.2) is 19.5 Å². The largest absolute Gasteiger partial charge is 0.416 e. The Labute approximate surface area is 274 Å². The lowest BCUT2D eigenvalue weighted by Crippen LogP contribution is -2.05. The first-order valence-corrected chi connectivity index (χ1v) is 15.5. The first-order valence-electron chi connectivity index (χ1n) is 15.5. The molecule has 0 saturated carbocycles. The molecular formula is C41H27F3N4. The summed E-state index contributed by atoms with van der Waals surface area (Å²) >= 11 is 0. The minimum absolute atomic E-state index is 0.481. The molecule has 0 N–H and O–H groups in total. The first-order chi connectivity index (χ1) is 23.3. The van der Waals surface area contributed by atoms with Crippen LogP contribution in [0.3, 0.4) is 0 Å². The monoisotopic (exact) mass is 632 g/mol. The molecule has 6 aromatic carbocycles. The van der Waals surface area contributed by atoms with Gasteiger partial charge in [-0.15, -0.1) is 0 Å². The van der Waals surface area contributed by atoms with Crippen molar-refractivity contribution in [3.05, 3.63) is 157 Å². The zero-order valence-corrected chi connectivity index (χ0v) is 25.8. The van der Waals surface area contributed by atoms with Crippen molar-refractivity contribution in [2.24, 2.45) is 0 Å². The minimum atomic E-state index is -4.42. The number of rotatable bonds is 5. The van der Waals surface area contributed by atoms with Gasteiger partial charge in [-0.2, -0.15) is 13.2 Å². The Balaban J connectivity index is 1.42. The average Bonchev–Trinajstić information content (AvgIpc) is 3.45. The fraction of sp³-hybridized carbons (Fsp3) is 0.0488. The maximum absolute atomic E-state index is 13.4. The SMILES string of the molecule is Cc1ccc2c(c1)c1ccccc1n2-c1cc(-c2ccc(C(F)(F)F)cc2)ccc1-c1nc(-c2ccccc2)nc(-c2ccccc2)n1. The van der Waals surface area contributed by atoms with Crippen LogP contribution in [0.5, 0.6) is 0 Å². The fourth-order valence-corrected chi connectivity index (χ4v) is 6.21. The standard InChI is InChI=1S/C41H27F3N4/c1-26-16-23-36-34(24-26)32-14-8-9-15-35(32)48(36)37-25-30(27-17-20-31(21-18-27)41(42,43)44)19-22-33(37)40-46-38(28-10-4-2-5-11-28)45-39(47-40)29-12-6-3-7-13-29/h2-25H,1H3. The number of alkyl halides is 3. The van der Waals surface area contributed by atoms with E-state index in [1.54, 1.807) is 0 Å². The van der Waals surface area contributed by atoms with Gasteiger partial charge < -0.3 is 4.57 Å². The summed E-state index contributed by atoms with van der Waals surface area (Å²) in [6.07, 6.45) is -4.42. The van der Waals surface area contributed by atoms with Crippen LogP contribution in [0.15, 0.2) is 146 Å². The number of para-hydroxylation sites is 1. The van der Waals surface area contributed by atoms with Gasteiger partial charge >= 0.3 is 6.18 Å². The third-order valence-corrected chi connectivity index (χ3v) is 8.55. The summed E-state index contributed by atoms with van der Waals surface area (Å²) in [6.45, 7) is 2.07. The van der Waals surface area contributed by atoms with Gasteiger partial charge in [0.1, 0.15) is 0 Å². The maximum Gasteiger partial charge on any atom is 0.416 e. The van der Waals surface area contributed by atoms with Crippen molar-refractivity contribution in [2.45, 2.75) is 13.1 Å². The van der Waals surface area contributed by atoms with Gasteiger partial charge in [-0.3, -0.25) is 0 Å². The van der Waals surface area contributed by atoms with Crippen LogP contribution in [0.4, 0.5) is 13.2 Å². The van der Waals surface area contributed by atoms with Crippen molar-refractivity contribution in [1.29, 1.82) is 0 Å². The Bertz CT molecular complexity index is 2370. The molecule has 0 radical (unpaired) electrons. The van der Waals surface area contributed by atoms with Gasteiger partial charge in [0, 0.05) is 27.5 Å². The highest BCUT2D eigenvalue weighted by Gasteiger charge is 2.30. The van der Waals surface area contributed by atoms with Gasteiger partial charge in [0.25, 0.3) is 0 Å². The zero-order chi connectivity index (χ0) is 32.8. The van der Waals surface area contributed by atoms with Crippen LogP contribution in [0.1, 0.15) is 11.1 Å². The average molecular weight is 633 g/mol. The van der Waals surface area contributed by atoms with Crippen molar-refractivity contribution >= 4 is 21.8 Å². The highest BCUT2D eigenvalue weighted by Crippen LogP contribution is 2.39. The molecule has 2 heterocycles. The quantitative estimate of drug-likeness (QED) is 0.190. The number of aromatic nitrogens is 4. The van der Waals surface area contributed by atoms with Gasteiger partial charge in [-0.05, 0) is 60.5 Å². The van der Waals surface area contributed by atoms with Gasteiger partial charge in [0.05, 0.1) is 22.3 Å². The number of hydrogen-bond acceptors (Lipinski definition) is 3. The van der Waals surface area contributed by atoms with E-state index in [9.17, 15) is 13.2 Å². The summed E-state index contributed by atoms with van der Waals surface area (Å²) in [5.41, 5.74) is 7.13. The molecular weight excluding hydrogens is 605 g/mol. The van der Waals surface area contributed by atoms with Crippen LogP contribution in [0.2, 0.25) is 0 Å². The highest BCUT2D eigenvalue weighted by molar-refractivity contribution is 6.10. The van der Waals surface area contributed by atoms with E-state index in [1.807, 2.05) is 91.0 Å². The Morgan fingerprint density at radius 3 is 1.69 bits per heavy atom. The predicted octanol–water partition coefficient (Wildman–Crippen LogP) is 11.0.